The first kappa shape index (κ1) is 22.5. The van der Waals surface area contributed by atoms with Crippen molar-refractivity contribution in [2.75, 3.05) is 7.11 Å². The van der Waals surface area contributed by atoms with E-state index in [1.807, 2.05) is 6.07 Å². The van der Waals surface area contributed by atoms with Gasteiger partial charge in [-0.1, -0.05) is 26.8 Å². The minimum atomic E-state index is -4.04. The van der Waals surface area contributed by atoms with Crippen LogP contribution < -0.4 is 10.3 Å². The van der Waals surface area contributed by atoms with Crippen LogP contribution in [0.2, 0.25) is 0 Å². The Bertz CT molecular complexity index is 1070. The highest BCUT2D eigenvalue weighted by atomic mass is 32.2. The number of methoxy groups -OCH3 is 1. The Labute approximate surface area is 180 Å². The fourth-order valence-electron chi connectivity index (χ4n) is 3.52. The highest BCUT2D eigenvalue weighted by Gasteiger charge is 2.30. The van der Waals surface area contributed by atoms with E-state index in [2.05, 4.69) is 35.8 Å². The van der Waals surface area contributed by atoms with Gasteiger partial charge in [-0.25, -0.2) is 13.2 Å². The van der Waals surface area contributed by atoms with E-state index in [-0.39, 0.29) is 15.9 Å². The zero-order valence-electron chi connectivity index (χ0n) is 17.4. The maximum Gasteiger partial charge on any atom is 0.337 e. The zero-order valence-corrected chi connectivity index (χ0v) is 19.1. The number of fused-ring (bicyclic) bond motifs is 1. The summed E-state index contributed by atoms with van der Waals surface area (Å²) in [5.41, 5.74) is 3.75. The second-order valence-electron chi connectivity index (χ2n) is 8.44. The molecule has 2 aromatic rings. The Morgan fingerprint density at radius 2 is 1.93 bits per heavy atom. The second kappa shape index (κ2) is 8.49. The molecule has 162 valence electrons. The number of benzene rings is 1. The maximum atomic E-state index is 12.5. The molecule has 30 heavy (non-hydrogen) atoms. The first-order valence-electron chi connectivity index (χ1n) is 9.63. The summed E-state index contributed by atoms with van der Waals surface area (Å²) in [6.07, 6.45) is 2.94. The van der Waals surface area contributed by atoms with Crippen LogP contribution in [-0.4, -0.2) is 27.4 Å². The Hall–Kier alpha value is -2.23. The quantitative estimate of drug-likeness (QED) is 0.538. The minimum absolute atomic E-state index is 0.103. The van der Waals surface area contributed by atoms with Crippen LogP contribution in [0.5, 0.6) is 0 Å². The summed E-state index contributed by atoms with van der Waals surface area (Å²) < 4.78 is 29.6. The predicted molar refractivity (Wildman–Crippen MR) is 115 cm³/mol. The normalized spacial score (nSPS) is 16.6. The molecule has 0 fully saturated rings. The lowest BCUT2D eigenvalue weighted by Crippen LogP contribution is -2.41. The van der Waals surface area contributed by atoms with E-state index in [0.717, 1.165) is 19.3 Å². The van der Waals surface area contributed by atoms with Crippen LogP contribution in [0.3, 0.4) is 0 Å². The fourth-order valence-corrected chi connectivity index (χ4v) is 5.51. The number of carbonyl (C=O) groups excluding carboxylic acids is 2. The number of ether oxygens (including phenoxy) is 1. The lowest BCUT2D eigenvalue weighted by molar-refractivity contribution is 0.0600. The third-order valence-electron chi connectivity index (χ3n) is 5.40. The van der Waals surface area contributed by atoms with Gasteiger partial charge in [0.05, 0.1) is 22.4 Å². The predicted octanol–water partition coefficient (Wildman–Crippen LogP) is 3.31. The van der Waals surface area contributed by atoms with Gasteiger partial charge in [-0.3, -0.25) is 10.2 Å². The smallest absolute Gasteiger partial charge is 0.337 e. The van der Waals surface area contributed by atoms with Gasteiger partial charge >= 0.3 is 5.97 Å². The average molecular weight is 451 g/mol. The summed E-state index contributed by atoms with van der Waals surface area (Å²) in [7, 11) is -2.83. The largest absolute Gasteiger partial charge is 0.465 e. The van der Waals surface area contributed by atoms with Crippen molar-refractivity contribution < 1.29 is 22.7 Å². The third kappa shape index (κ3) is 4.91. The molecule has 1 aromatic heterocycles. The first-order chi connectivity index (χ1) is 14.0. The Kier molecular flexibility index (Phi) is 6.35. The molecule has 0 aliphatic heterocycles. The van der Waals surface area contributed by atoms with E-state index in [1.54, 1.807) is 0 Å². The Morgan fingerprint density at radius 1 is 1.20 bits per heavy atom. The van der Waals surface area contributed by atoms with Crippen LogP contribution in [0.25, 0.3) is 0 Å². The Balaban J connectivity index is 1.69. The van der Waals surface area contributed by atoms with Crippen molar-refractivity contribution in [2.45, 2.75) is 44.9 Å². The van der Waals surface area contributed by atoms with Crippen molar-refractivity contribution in [3.8, 4) is 0 Å². The van der Waals surface area contributed by atoms with E-state index < -0.39 is 21.9 Å². The van der Waals surface area contributed by atoms with E-state index in [0.29, 0.717) is 10.8 Å². The molecule has 1 aliphatic carbocycles. The molecule has 2 N–H and O–H groups in total. The number of thiophene rings is 1. The monoisotopic (exact) mass is 450 g/mol. The molecular formula is C21H26N2O5S2. The molecular weight excluding hydrogens is 424 g/mol. The minimum Gasteiger partial charge on any atom is -0.465 e. The summed E-state index contributed by atoms with van der Waals surface area (Å²) in [5.74, 6) is -0.598. The molecule has 0 spiro atoms. The van der Waals surface area contributed by atoms with Crippen molar-refractivity contribution in [1.82, 2.24) is 10.3 Å². The van der Waals surface area contributed by atoms with Crippen LogP contribution in [0, 0.1) is 11.3 Å². The number of rotatable bonds is 5. The summed E-state index contributed by atoms with van der Waals surface area (Å²) in [4.78, 5) is 27.8. The molecule has 1 aliphatic rings. The molecule has 3 rings (SSSR count). The van der Waals surface area contributed by atoms with Gasteiger partial charge < -0.3 is 4.74 Å². The molecule has 0 radical (unpaired) electrons. The van der Waals surface area contributed by atoms with Crippen molar-refractivity contribution in [3.05, 3.63) is 51.2 Å². The van der Waals surface area contributed by atoms with Crippen LogP contribution in [0.15, 0.2) is 35.2 Å². The van der Waals surface area contributed by atoms with E-state index in [9.17, 15) is 18.0 Å². The van der Waals surface area contributed by atoms with Gasteiger partial charge in [0.1, 0.15) is 0 Å². The van der Waals surface area contributed by atoms with Crippen molar-refractivity contribution in [3.63, 3.8) is 0 Å². The summed E-state index contributed by atoms with van der Waals surface area (Å²) in [5, 5.41) is 0. The highest BCUT2D eigenvalue weighted by molar-refractivity contribution is 7.89. The number of sulfonamides is 1. The number of amides is 1. The van der Waals surface area contributed by atoms with Crippen LogP contribution >= 0.6 is 11.3 Å². The summed E-state index contributed by atoms with van der Waals surface area (Å²) in [6, 6.07) is 7.26. The number of hydrogen-bond acceptors (Lipinski definition) is 6. The van der Waals surface area contributed by atoms with Crippen LogP contribution in [-0.2, 0) is 27.6 Å². The molecule has 1 atom stereocenters. The number of aryl methyl sites for hydroxylation is 1. The van der Waals surface area contributed by atoms with Gasteiger partial charge in [0, 0.05) is 4.88 Å². The lowest BCUT2D eigenvalue weighted by atomic mass is 9.72. The third-order valence-corrected chi connectivity index (χ3v) is 7.88. The molecule has 1 aromatic carbocycles. The van der Waals surface area contributed by atoms with E-state index in [1.165, 1.54) is 53.2 Å². The number of nitrogens with one attached hydrogen (secondary N) is 2. The topological polar surface area (TPSA) is 102 Å². The van der Waals surface area contributed by atoms with Crippen molar-refractivity contribution in [1.29, 1.82) is 0 Å². The van der Waals surface area contributed by atoms with Crippen LogP contribution in [0.4, 0.5) is 0 Å². The standard InChI is InChI=1S/C21H26N2O5S2/c1-21(2,3)15-8-9-17-14(10-15)12-18(29-17)19(24)22-23-30(26,27)16-7-5-6-13(11-16)20(25)28-4/h5-7,11-12,15,23H,8-10H2,1-4H3,(H,22,24)/t15-/m1/s1. The molecule has 0 saturated carbocycles. The Morgan fingerprint density at radius 3 is 2.60 bits per heavy atom. The van der Waals surface area contributed by atoms with Crippen molar-refractivity contribution >= 4 is 33.2 Å². The van der Waals surface area contributed by atoms with Gasteiger partial charge in [-0.15, -0.1) is 16.2 Å². The number of hydrazine groups is 1. The first-order valence-corrected chi connectivity index (χ1v) is 11.9. The van der Waals surface area contributed by atoms with Gasteiger partial charge in [0.25, 0.3) is 15.9 Å². The summed E-state index contributed by atoms with van der Waals surface area (Å²) in [6.45, 7) is 6.69. The number of carbonyl (C=O) groups is 2. The highest BCUT2D eigenvalue weighted by Crippen LogP contribution is 2.40. The number of hydrogen-bond donors (Lipinski definition) is 2. The maximum absolute atomic E-state index is 12.5. The molecule has 1 heterocycles. The molecule has 9 heteroatoms. The van der Waals surface area contributed by atoms with Gasteiger partial charge in [-0.05, 0) is 60.4 Å². The molecule has 0 bridgehead atoms. The molecule has 0 saturated heterocycles. The SMILES string of the molecule is COC(=O)c1cccc(S(=O)(=O)NNC(=O)c2cc3c(s2)CC[C@@H](C(C)(C)C)C3)c1. The second-order valence-corrected chi connectivity index (χ2v) is 11.3. The van der Waals surface area contributed by atoms with E-state index in [4.69, 9.17) is 0 Å². The average Bonchev–Trinajstić information content (AvgIpc) is 3.14. The zero-order chi connectivity index (χ0) is 22.1. The van der Waals surface area contributed by atoms with Crippen LogP contribution in [0.1, 0.15) is 57.7 Å². The number of esters is 1. The molecule has 7 nitrogen and oxygen atoms in total. The molecule has 0 unspecified atom stereocenters. The summed E-state index contributed by atoms with van der Waals surface area (Å²) >= 11 is 1.40. The van der Waals surface area contributed by atoms with Gasteiger partial charge in [0.15, 0.2) is 0 Å². The van der Waals surface area contributed by atoms with Gasteiger partial charge in [0.2, 0.25) is 0 Å². The fraction of sp³-hybridized carbons (Fsp3) is 0.429. The van der Waals surface area contributed by atoms with Gasteiger partial charge in [-0.2, -0.15) is 0 Å². The lowest BCUT2D eigenvalue weighted by Gasteiger charge is -2.33. The molecule has 1 amide bonds. The van der Waals surface area contributed by atoms with E-state index >= 15 is 0 Å². The van der Waals surface area contributed by atoms with Crippen molar-refractivity contribution in [2.24, 2.45) is 11.3 Å².